The second-order valence-electron chi connectivity index (χ2n) is 6.09. The SMILES string of the molecule is OC(COc1ccc(F)cc1)CN1CC2CCCC2C1. The van der Waals surface area contributed by atoms with E-state index < -0.39 is 6.10 Å². The van der Waals surface area contributed by atoms with Crippen molar-refractivity contribution in [2.75, 3.05) is 26.2 Å². The third-order valence-electron chi connectivity index (χ3n) is 4.53. The van der Waals surface area contributed by atoms with Crippen LogP contribution in [0.4, 0.5) is 4.39 Å². The molecule has 1 heterocycles. The summed E-state index contributed by atoms with van der Waals surface area (Å²) < 4.78 is 18.2. The second kappa shape index (κ2) is 6.10. The van der Waals surface area contributed by atoms with Crippen LogP contribution in [0.5, 0.6) is 5.75 Å². The summed E-state index contributed by atoms with van der Waals surface area (Å²) in [6.45, 7) is 3.18. The lowest BCUT2D eigenvalue weighted by Crippen LogP contribution is -2.34. The standard InChI is InChI=1S/C16H22FNO2/c17-14-4-6-16(7-5-14)20-11-15(19)10-18-8-12-2-1-3-13(12)9-18/h4-7,12-13,15,19H,1-3,8-11H2. The number of aliphatic hydroxyl groups excluding tert-OH is 1. The molecule has 1 N–H and O–H groups in total. The molecule has 0 radical (unpaired) electrons. The maximum absolute atomic E-state index is 12.8. The van der Waals surface area contributed by atoms with Crippen LogP contribution in [0.25, 0.3) is 0 Å². The number of β-amino-alcohol motifs (C(OH)–C–C–N with tert-alkyl or cyclic N) is 1. The first kappa shape index (κ1) is 13.8. The van der Waals surface area contributed by atoms with Crippen LogP contribution >= 0.6 is 0 Å². The summed E-state index contributed by atoms with van der Waals surface area (Å²) in [6.07, 6.45) is 3.59. The lowest BCUT2D eigenvalue weighted by Gasteiger charge is -2.21. The molecule has 1 aromatic carbocycles. The average Bonchev–Trinajstić information content (AvgIpc) is 2.99. The Kier molecular flexibility index (Phi) is 4.22. The van der Waals surface area contributed by atoms with Gasteiger partial charge in [-0.1, -0.05) is 6.42 Å². The predicted molar refractivity (Wildman–Crippen MR) is 75.2 cm³/mol. The van der Waals surface area contributed by atoms with Crippen molar-refractivity contribution in [2.24, 2.45) is 11.8 Å². The van der Waals surface area contributed by atoms with Gasteiger partial charge in [-0.15, -0.1) is 0 Å². The Balaban J connectivity index is 1.41. The molecule has 4 heteroatoms. The van der Waals surface area contributed by atoms with Gasteiger partial charge in [-0.05, 0) is 48.9 Å². The third-order valence-corrected chi connectivity index (χ3v) is 4.53. The zero-order valence-electron chi connectivity index (χ0n) is 11.7. The second-order valence-corrected chi connectivity index (χ2v) is 6.09. The van der Waals surface area contributed by atoms with Crippen LogP contribution in [0, 0.1) is 17.7 Å². The number of likely N-dealkylation sites (tertiary alicyclic amines) is 1. The summed E-state index contributed by atoms with van der Waals surface area (Å²) in [5.74, 6) is 2.02. The maximum Gasteiger partial charge on any atom is 0.123 e. The number of fused-ring (bicyclic) bond motifs is 1. The number of halogens is 1. The van der Waals surface area contributed by atoms with Crippen molar-refractivity contribution in [3.05, 3.63) is 30.1 Å². The fraction of sp³-hybridized carbons (Fsp3) is 0.625. The highest BCUT2D eigenvalue weighted by Gasteiger charge is 2.36. The molecule has 3 atom stereocenters. The van der Waals surface area contributed by atoms with Crippen LogP contribution in [0.1, 0.15) is 19.3 Å². The molecule has 0 amide bonds. The molecule has 3 rings (SSSR count). The van der Waals surface area contributed by atoms with Crippen molar-refractivity contribution in [3.8, 4) is 5.75 Å². The zero-order chi connectivity index (χ0) is 13.9. The zero-order valence-corrected chi connectivity index (χ0v) is 11.7. The van der Waals surface area contributed by atoms with Gasteiger partial charge in [0.25, 0.3) is 0 Å². The highest BCUT2D eigenvalue weighted by Crippen LogP contribution is 2.37. The van der Waals surface area contributed by atoms with Crippen LogP contribution in [0.2, 0.25) is 0 Å². The fourth-order valence-corrected chi connectivity index (χ4v) is 3.56. The molecule has 0 spiro atoms. The van der Waals surface area contributed by atoms with Crippen LogP contribution < -0.4 is 4.74 Å². The minimum Gasteiger partial charge on any atom is -0.491 e. The molecule has 1 aliphatic carbocycles. The average molecular weight is 279 g/mol. The van der Waals surface area contributed by atoms with E-state index in [4.69, 9.17) is 4.74 Å². The molecule has 2 aliphatic rings. The molecule has 2 fully saturated rings. The molecule has 1 aliphatic heterocycles. The highest BCUT2D eigenvalue weighted by molar-refractivity contribution is 5.22. The van der Waals surface area contributed by atoms with Crippen molar-refractivity contribution >= 4 is 0 Å². The summed E-state index contributed by atoms with van der Waals surface area (Å²) in [4.78, 5) is 2.35. The van der Waals surface area contributed by atoms with Crippen LogP contribution in [0.15, 0.2) is 24.3 Å². The molecule has 110 valence electrons. The summed E-state index contributed by atoms with van der Waals surface area (Å²) >= 11 is 0. The molecule has 1 saturated heterocycles. The molecule has 3 nitrogen and oxygen atoms in total. The summed E-state index contributed by atoms with van der Waals surface area (Å²) in [5, 5.41) is 10.0. The van der Waals surface area contributed by atoms with E-state index in [0.29, 0.717) is 12.3 Å². The van der Waals surface area contributed by atoms with Crippen molar-refractivity contribution in [1.29, 1.82) is 0 Å². The Bertz CT molecular complexity index is 425. The van der Waals surface area contributed by atoms with Gasteiger partial charge in [0.2, 0.25) is 0 Å². The largest absolute Gasteiger partial charge is 0.491 e. The van der Waals surface area contributed by atoms with Crippen LogP contribution in [-0.2, 0) is 0 Å². The molecule has 1 aromatic rings. The van der Waals surface area contributed by atoms with Crippen molar-refractivity contribution < 1.29 is 14.2 Å². The smallest absolute Gasteiger partial charge is 0.123 e. The van der Waals surface area contributed by atoms with Gasteiger partial charge >= 0.3 is 0 Å². The Morgan fingerprint density at radius 3 is 2.50 bits per heavy atom. The van der Waals surface area contributed by atoms with Gasteiger partial charge in [0.1, 0.15) is 24.3 Å². The third kappa shape index (κ3) is 3.30. The van der Waals surface area contributed by atoms with E-state index in [1.54, 1.807) is 12.1 Å². The van der Waals surface area contributed by atoms with Crippen molar-refractivity contribution in [2.45, 2.75) is 25.4 Å². The molecule has 20 heavy (non-hydrogen) atoms. The topological polar surface area (TPSA) is 32.7 Å². The molecular weight excluding hydrogens is 257 g/mol. The van der Waals surface area contributed by atoms with E-state index in [1.807, 2.05) is 0 Å². The first-order chi connectivity index (χ1) is 9.70. The van der Waals surface area contributed by atoms with Crippen molar-refractivity contribution in [1.82, 2.24) is 4.90 Å². The van der Waals surface area contributed by atoms with E-state index in [2.05, 4.69) is 4.90 Å². The lowest BCUT2D eigenvalue weighted by molar-refractivity contribution is 0.0733. The van der Waals surface area contributed by atoms with Gasteiger partial charge in [-0.2, -0.15) is 0 Å². The highest BCUT2D eigenvalue weighted by atomic mass is 19.1. The minimum absolute atomic E-state index is 0.261. The summed E-state index contributed by atoms with van der Waals surface area (Å²) in [7, 11) is 0. The number of benzene rings is 1. The lowest BCUT2D eigenvalue weighted by atomic mass is 10.0. The van der Waals surface area contributed by atoms with E-state index in [0.717, 1.165) is 24.9 Å². The normalized spacial score (nSPS) is 27.5. The van der Waals surface area contributed by atoms with Gasteiger partial charge in [0, 0.05) is 19.6 Å². The predicted octanol–water partition coefficient (Wildman–Crippen LogP) is 2.30. The molecule has 0 bridgehead atoms. The molecule has 3 unspecified atom stereocenters. The summed E-state index contributed by atoms with van der Waals surface area (Å²) in [5.41, 5.74) is 0. The van der Waals surface area contributed by atoms with Gasteiger partial charge in [-0.3, -0.25) is 0 Å². The van der Waals surface area contributed by atoms with E-state index in [9.17, 15) is 9.50 Å². The van der Waals surface area contributed by atoms with Crippen LogP contribution in [-0.4, -0.2) is 42.4 Å². The maximum atomic E-state index is 12.8. The summed E-state index contributed by atoms with van der Waals surface area (Å²) in [6, 6.07) is 5.90. The minimum atomic E-state index is -0.487. The number of ether oxygens (including phenoxy) is 1. The number of aliphatic hydroxyl groups is 1. The Morgan fingerprint density at radius 1 is 1.20 bits per heavy atom. The van der Waals surface area contributed by atoms with Crippen molar-refractivity contribution in [3.63, 3.8) is 0 Å². The van der Waals surface area contributed by atoms with Gasteiger partial charge in [0.05, 0.1) is 0 Å². The monoisotopic (exact) mass is 279 g/mol. The first-order valence-corrected chi connectivity index (χ1v) is 7.49. The van der Waals surface area contributed by atoms with E-state index in [1.165, 1.54) is 31.4 Å². The molecular formula is C16H22FNO2. The number of nitrogens with zero attached hydrogens (tertiary/aromatic N) is 1. The van der Waals surface area contributed by atoms with E-state index in [-0.39, 0.29) is 12.4 Å². The van der Waals surface area contributed by atoms with Gasteiger partial charge < -0.3 is 14.7 Å². The number of rotatable bonds is 5. The van der Waals surface area contributed by atoms with Gasteiger partial charge in [0.15, 0.2) is 0 Å². The Labute approximate surface area is 119 Å². The molecule has 0 aromatic heterocycles. The number of hydrogen-bond donors (Lipinski definition) is 1. The fourth-order valence-electron chi connectivity index (χ4n) is 3.56. The number of hydrogen-bond acceptors (Lipinski definition) is 3. The van der Waals surface area contributed by atoms with Gasteiger partial charge in [-0.25, -0.2) is 4.39 Å². The van der Waals surface area contributed by atoms with E-state index >= 15 is 0 Å². The Hall–Kier alpha value is -1.13. The quantitative estimate of drug-likeness (QED) is 0.897. The van der Waals surface area contributed by atoms with Crippen LogP contribution in [0.3, 0.4) is 0 Å². The molecule has 1 saturated carbocycles. The Morgan fingerprint density at radius 2 is 1.85 bits per heavy atom. The first-order valence-electron chi connectivity index (χ1n) is 7.49.